The number of rotatable bonds is 0. The van der Waals surface area contributed by atoms with Gasteiger partial charge >= 0.3 is 0 Å². The number of thioether (sulfide) groups is 1. The first kappa shape index (κ1) is 20.3. The van der Waals surface area contributed by atoms with Gasteiger partial charge in [-0.1, -0.05) is 53.3 Å². The van der Waals surface area contributed by atoms with Gasteiger partial charge in [-0.25, -0.2) is 0 Å². The zero-order valence-corrected chi connectivity index (χ0v) is 14.1. The number of carbonyl (C=O) groups is 1. The molecule has 2 fully saturated rings. The molecule has 0 unspecified atom stereocenters. The second-order valence-corrected chi connectivity index (χ2v) is 4.95. The Morgan fingerprint density at radius 3 is 1.83 bits per heavy atom. The van der Waals surface area contributed by atoms with Crippen molar-refractivity contribution >= 4 is 16.9 Å². The second kappa shape index (κ2) is 12.0. The predicted octanol–water partition coefficient (Wildman–Crippen LogP) is 3.35. The molecule has 2 saturated heterocycles. The van der Waals surface area contributed by atoms with Crippen LogP contribution < -0.4 is 5.32 Å². The predicted molar refractivity (Wildman–Crippen MR) is 84.1 cm³/mol. The molecule has 2 aliphatic rings. The summed E-state index contributed by atoms with van der Waals surface area (Å²) in [4.78, 5) is 13.6. The minimum atomic E-state index is 0.141. The van der Waals surface area contributed by atoms with Crippen molar-refractivity contribution in [2.45, 2.75) is 59.3 Å². The van der Waals surface area contributed by atoms with Gasteiger partial charge in [0.1, 0.15) is 0 Å². The van der Waals surface area contributed by atoms with E-state index in [0.717, 1.165) is 25.9 Å². The van der Waals surface area contributed by atoms with Crippen LogP contribution in [0.4, 0.5) is 0 Å². The topological polar surface area (TPSA) is 32.3 Å². The molecule has 1 N–H and O–H groups in total. The number of nitrogens with zero attached hydrogens (tertiary/aromatic N) is 1. The van der Waals surface area contributed by atoms with Crippen molar-refractivity contribution in [3.05, 3.63) is 0 Å². The molecular formula is C14H32N2OS. The van der Waals surface area contributed by atoms with E-state index in [0.29, 0.717) is 11.7 Å². The van der Waals surface area contributed by atoms with Crippen LogP contribution in [0.2, 0.25) is 0 Å². The van der Waals surface area contributed by atoms with Crippen molar-refractivity contribution in [2.24, 2.45) is 0 Å². The fourth-order valence-electron chi connectivity index (χ4n) is 1.96. The van der Waals surface area contributed by atoms with Gasteiger partial charge in [-0.2, -0.15) is 0 Å². The molecule has 0 aromatic heterocycles. The lowest BCUT2D eigenvalue weighted by Crippen LogP contribution is -2.47. The van der Waals surface area contributed by atoms with E-state index in [1.165, 1.54) is 0 Å². The molecule has 0 atom stereocenters. The second-order valence-electron chi connectivity index (χ2n) is 3.53. The summed E-state index contributed by atoms with van der Waals surface area (Å²) in [6.45, 7) is 14.7. The highest BCUT2D eigenvalue weighted by atomic mass is 32.2. The van der Waals surface area contributed by atoms with Gasteiger partial charge in [0.25, 0.3) is 0 Å². The number of hydrogen-bond acceptors (Lipinski definition) is 4. The normalized spacial score (nSPS) is 20.9. The lowest BCUT2D eigenvalue weighted by molar-refractivity contribution is -0.111. The number of carbonyl (C=O) groups excluding carboxylic acids is 1. The summed E-state index contributed by atoms with van der Waals surface area (Å²) in [5.41, 5.74) is 0. The van der Waals surface area contributed by atoms with Crippen LogP contribution in [0, 0.1) is 0 Å². The maximum Gasteiger partial charge on any atom is 0.204 e. The molecule has 0 amide bonds. The van der Waals surface area contributed by atoms with Gasteiger partial charge in [-0.05, 0) is 33.0 Å². The van der Waals surface area contributed by atoms with E-state index in [-0.39, 0.29) is 4.87 Å². The van der Waals surface area contributed by atoms with E-state index in [4.69, 9.17) is 0 Å². The summed E-state index contributed by atoms with van der Waals surface area (Å²) in [6, 6.07) is 0. The van der Waals surface area contributed by atoms with Crippen LogP contribution in [0.5, 0.6) is 0 Å². The summed E-state index contributed by atoms with van der Waals surface area (Å²) in [6.07, 6.45) is 2.19. The number of piperidine rings is 1. The summed E-state index contributed by atoms with van der Waals surface area (Å²) in [5.74, 6) is 0. The number of hydrogen-bond donors (Lipinski definition) is 1. The Morgan fingerprint density at radius 2 is 1.50 bits per heavy atom. The molecule has 1 spiro atoms. The third-order valence-corrected chi connectivity index (χ3v) is 4.21. The average Bonchev–Trinajstić information content (AvgIpc) is 2.72. The van der Waals surface area contributed by atoms with Crippen molar-refractivity contribution in [3.63, 3.8) is 0 Å². The summed E-state index contributed by atoms with van der Waals surface area (Å²) in [7, 11) is 2.06. The van der Waals surface area contributed by atoms with E-state index in [9.17, 15) is 4.79 Å². The zero-order valence-electron chi connectivity index (χ0n) is 13.3. The Balaban J connectivity index is 0. The van der Waals surface area contributed by atoms with Crippen LogP contribution in [-0.4, -0.2) is 41.6 Å². The molecule has 110 valence electrons. The van der Waals surface area contributed by atoms with Gasteiger partial charge in [0.15, 0.2) is 0 Å². The van der Waals surface area contributed by atoms with Crippen LogP contribution >= 0.6 is 11.8 Å². The van der Waals surface area contributed by atoms with Gasteiger partial charge < -0.3 is 5.32 Å². The van der Waals surface area contributed by atoms with Crippen LogP contribution in [0.3, 0.4) is 0 Å². The highest BCUT2D eigenvalue weighted by Gasteiger charge is 2.44. The van der Waals surface area contributed by atoms with Crippen LogP contribution in [0.15, 0.2) is 0 Å². The smallest absolute Gasteiger partial charge is 0.204 e. The SMILES string of the molecule is CC.CC.CC.CN1CC(=O)SC12CCNCC2. The maximum absolute atomic E-state index is 11.2. The first-order chi connectivity index (χ1) is 8.73. The zero-order chi connectivity index (χ0) is 14.6. The molecule has 0 bridgehead atoms. The molecule has 18 heavy (non-hydrogen) atoms. The van der Waals surface area contributed by atoms with E-state index in [1.54, 1.807) is 11.8 Å². The summed E-state index contributed by atoms with van der Waals surface area (Å²) < 4.78 is 0. The molecule has 0 radical (unpaired) electrons. The Labute approximate surface area is 118 Å². The highest BCUT2D eigenvalue weighted by molar-refractivity contribution is 8.15. The third kappa shape index (κ3) is 5.72. The van der Waals surface area contributed by atoms with Gasteiger partial charge in [-0.15, -0.1) is 0 Å². The molecule has 3 nitrogen and oxygen atoms in total. The van der Waals surface area contributed by atoms with Gasteiger partial charge in [0.2, 0.25) is 5.12 Å². The quantitative estimate of drug-likeness (QED) is 0.735. The molecule has 2 aliphatic heterocycles. The molecule has 0 aliphatic carbocycles. The molecular weight excluding hydrogens is 244 g/mol. The van der Waals surface area contributed by atoms with Gasteiger partial charge in [0, 0.05) is 0 Å². The van der Waals surface area contributed by atoms with E-state index >= 15 is 0 Å². The van der Waals surface area contributed by atoms with Crippen molar-refractivity contribution < 1.29 is 4.79 Å². The summed E-state index contributed by atoms with van der Waals surface area (Å²) >= 11 is 1.54. The van der Waals surface area contributed by atoms with Crippen molar-refractivity contribution in [2.75, 3.05) is 26.7 Å². The molecule has 4 heteroatoms. The average molecular weight is 276 g/mol. The molecule has 0 saturated carbocycles. The van der Waals surface area contributed by atoms with Gasteiger partial charge in [0.05, 0.1) is 11.4 Å². The van der Waals surface area contributed by atoms with Crippen LogP contribution in [0.25, 0.3) is 0 Å². The fourth-order valence-corrected chi connectivity index (χ4v) is 3.27. The minimum absolute atomic E-state index is 0.141. The number of nitrogens with one attached hydrogen (secondary N) is 1. The Kier molecular flexibility index (Phi) is 13.5. The number of likely N-dealkylation sites (N-methyl/N-ethyl adjacent to an activating group) is 1. The first-order valence-electron chi connectivity index (χ1n) is 7.37. The van der Waals surface area contributed by atoms with Crippen molar-refractivity contribution in [3.8, 4) is 0 Å². The Hall–Kier alpha value is -0.0600. The highest BCUT2D eigenvalue weighted by Crippen LogP contribution is 2.41. The van der Waals surface area contributed by atoms with Crippen molar-refractivity contribution in [1.82, 2.24) is 10.2 Å². The summed E-state index contributed by atoms with van der Waals surface area (Å²) in [5, 5.41) is 3.65. The van der Waals surface area contributed by atoms with E-state index in [2.05, 4.69) is 17.3 Å². The molecule has 2 rings (SSSR count). The Morgan fingerprint density at radius 1 is 1.06 bits per heavy atom. The lowest BCUT2D eigenvalue weighted by Gasteiger charge is -2.37. The van der Waals surface area contributed by atoms with E-state index < -0.39 is 0 Å². The first-order valence-corrected chi connectivity index (χ1v) is 8.18. The van der Waals surface area contributed by atoms with E-state index in [1.807, 2.05) is 41.5 Å². The molecule has 0 aromatic carbocycles. The lowest BCUT2D eigenvalue weighted by atomic mass is 10.0. The standard InChI is InChI=1S/C8H14N2OS.3C2H6/c1-10-6-7(11)12-8(10)2-4-9-5-3-8;3*1-2/h9H,2-6H2,1H3;3*1-2H3. The largest absolute Gasteiger partial charge is 0.317 e. The monoisotopic (exact) mass is 276 g/mol. The minimum Gasteiger partial charge on any atom is -0.317 e. The third-order valence-electron chi connectivity index (χ3n) is 2.75. The molecule has 0 aromatic rings. The Bertz CT molecular complexity index is 204. The fraction of sp³-hybridized carbons (Fsp3) is 0.929. The van der Waals surface area contributed by atoms with Crippen molar-refractivity contribution in [1.29, 1.82) is 0 Å². The maximum atomic E-state index is 11.2. The van der Waals surface area contributed by atoms with Crippen LogP contribution in [0.1, 0.15) is 54.4 Å². The van der Waals surface area contributed by atoms with Crippen LogP contribution in [-0.2, 0) is 4.79 Å². The molecule has 2 heterocycles. The van der Waals surface area contributed by atoms with Gasteiger partial charge in [-0.3, -0.25) is 9.69 Å².